The number of rotatable bonds is 7. The SMILES string of the molecule is Cc1c(C2c3ccccc3C(=O)N2C(CC(C)C)C(=O)NNC(=O)Cc2cccs2)c2ccccc2n1C. The Balaban J connectivity index is 1.53. The van der Waals surface area contributed by atoms with Gasteiger partial charge in [-0.1, -0.05) is 56.3 Å². The van der Waals surface area contributed by atoms with E-state index >= 15 is 0 Å². The number of hydrogen-bond donors (Lipinski definition) is 2. The van der Waals surface area contributed by atoms with Gasteiger partial charge < -0.3 is 9.47 Å². The van der Waals surface area contributed by atoms with Gasteiger partial charge in [-0.15, -0.1) is 11.3 Å². The van der Waals surface area contributed by atoms with Crippen LogP contribution in [0.2, 0.25) is 0 Å². The van der Waals surface area contributed by atoms with Crippen molar-refractivity contribution in [1.29, 1.82) is 0 Å². The van der Waals surface area contributed by atoms with Gasteiger partial charge in [-0.25, -0.2) is 0 Å². The number of carbonyl (C=O) groups excluding carboxylic acids is 3. The Morgan fingerprint density at radius 2 is 1.74 bits per heavy atom. The van der Waals surface area contributed by atoms with Gasteiger partial charge in [0.05, 0.1) is 12.5 Å². The van der Waals surface area contributed by atoms with E-state index in [0.29, 0.717) is 12.0 Å². The van der Waals surface area contributed by atoms with Gasteiger partial charge >= 0.3 is 0 Å². The molecule has 0 spiro atoms. The smallest absolute Gasteiger partial charge is 0.261 e. The number of nitrogens with zero attached hydrogens (tertiary/aromatic N) is 2. The van der Waals surface area contributed by atoms with E-state index in [2.05, 4.69) is 34.5 Å². The largest absolute Gasteiger partial charge is 0.348 e. The van der Waals surface area contributed by atoms with Crippen LogP contribution in [0.1, 0.15) is 58.4 Å². The first-order chi connectivity index (χ1) is 18.3. The normalized spacial score (nSPS) is 15.7. The maximum atomic E-state index is 14.0. The number of hydrogen-bond acceptors (Lipinski definition) is 4. The lowest BCUT2D eigenvalue weighted by atomic mass is 9.93. The molecule has 0 aliphatic carbocycles. The minimum Gasteiger partial charge on any atom is -0.348 e. The van der Waals surface area contributed by atoms with Crippen LogP contribution in [0.5, 0.6) is 0 Å². The molecule has 0 radical (unpaired) electrons. The molecular weight excluding hydrogens is 496 g/mol. The molecule has 196 valence electrons. The monoisotopic (exact) mass is 528 g/mol. The minimum absolute atomic E-state index is 0.137. The van der Waals surface area contributed by atoms with Gasteiger partial charge in [0.15, 0.2) is 0 Å². The first-order valence-electron chi connectivity index (χ1n) is 12.8. The quantitative estimate of drug-likeness (QED) is 0.335. The molecule has 2 atom stereocenters. The van der Waals surface area contributed by atoms with Crippen molar-refractivity contribution in [1.82, 2.24) is 20.3 Å². The number of fused-ring (bicyclic) bond motifs is 2. The van der Waals surface area contributed by atoms with Gasteiger partial charge in [-0.2, -0.15) is 0 Å². The Morgan fingerprint density at radius 3 is 2.47 bits per heavy atom. The van der Waals surface area contributed by atoms with Crippen LogP contribution in [-0.2, 0) is 23.1 Å². The summed E-state index contributed by atoms with van der Waals surface area (Å²) < 4.78 is 2.14. The zero-order chi connectivity index (χ0) is 27.0. The highest BCUT2D eigenvalue weighted by Gasteiger charge is 2.45. The standard InChI is InChI=1S/C30H32N4O3S/c1-18(2)16-25(29(36)32-31-26(35)17-20-10-9-15-38-20)34-28(21-11-5-6-12-22(21)30(34)37)27-19(3)33(4)24-14-8-7-13-23(24)27/h5-15,18,25,28H,16-17H2,1-4H3,(H,31,35)(H,32,36). The van der Waals surface area contributed by atoms with E-state index in [1.165, 1.54) is 11.3 Å². The molecule has 2 aromatic heterocycles. The maximum absolute atomic E-state index is 14.0. The van der Waals surface area contributed by atoms with Gasteiger partial charge in [0, 0.05) is 39.6 Å². The summed E-state index contributed by atoms with van der Waals surface area (Å²) >= 11 is 1.49. The molecule has 1 aliphatic rings. The molecule has 8 heteroatoms. The Hall–Kier alpha value is -3.91. The highest BCUT2D eigenvalue weighted by atomic mass is 32.1. The Kier molecular flexibility index (Phi) is 7.08. The van der Waals surface area contributed by atoms with Crippen LogP contribution < -0.4 is 10.9 Å². The topological polar surface area (TPSA) is 83.4 Å². The molecule has 38 heavy (non-hydrogen) atoms. The molecule has 0 fully saturated rings. The molecule has 0 bridgehead atoms. The zero-order valence-corrected chi connectivity index (χ0v) is 22.8. The van der Waals surface area contributed by atoms with Crippen LogP contribution in [0.4, 0.5) is 0 Å². The summed E-state index contributed by atoms with van der Waals surface area (Å²) in [6.45, 7) is 6.12. The van der Waals surface area contributed by atoms with Crippen molar-refractivity contribution in [3.05, 3.63) is 93.3 Å². The van der Waals surface area contributed by atoms with E-state index in [4.69, 9.17) is 0 Å². The summed E-state index contributed by atoms with van der Waals surface area (Å²) in [5, 5.41) is 2.96. The predicted molar refractivity (Wildman–Crippen MR) is 150 cm³/mol. The van der Waals surface area contributed by atoms with E-state index in [1.54, 1.807) is 4.90 Å². The van der Waals surface area contributed by atoms with Gasteiger partial charge in [-0.05, 0) is 48.4 Å². The molecule has 0 saturated carbocycles. The summed E-state index contributed by atoms with van der Waals surface area (Å²) in [7, 11) is 2.02. The van der Waals surface area contributed by atoms with Crippen molar-refractivity contribution in [2.75, 3.05) is 0 Å². The van der Waals surface area contributed by atoms with E-state index in [0.717, 1.165) is 32.6 Å². The van der Waals surface area contributed by atoms with Crippen molar-refractivity contribution in [2.24, 2.45) is 13.0 Å². The third kappa shape index (κ3) is 4.60. The Bertz CT molecular complexity index is 1510. The minimum atomic E-state index is -0.777. The number of carbonyl (C=O) groups is 3. The molecule has 3 heterocycles. The van der Waals surface area contributed by atoms with Crippen LogP contribution in [0, 0.1) is 12.8 Å². The summed E-state index contributed by atoms with van der Waals surface area (Å²) in [6.07, 6.45) is 0.630. The summed E-state index contributed by atoms with van der Waals surface area (Å²) in [5.41, 5.74) is 9.80. The van der Waals surface area contributed by atoms with Gasteiger partial charge in [-0.3, -0.25) is 25.2 Å². The van der Waals surface area contributed by atoms with Gasteiger partial charge in [0.2, 0.25) is 5.91 Å². The second-order valence-electron chi connectivity index (χ2n) is 10.2. The molecule has 4 aromatic rings. The fourth-order valence-corrected chi connectivity index (χ4v) is 6.17. The summed E-state index contributed by atoms with van der Waals surface area (Å²) in [6, 6.07) is 18.3. The van der Waals surface area contributed by atoms with Crippen LogP contribution >= 0.6 is 11.3 Å². The molecule has 0 saturated heterocycles. The third-order valence-corrected chi connectivity index (χ3v) is 8.17. The predicted octanol–water partition coefficient (Wildman–Crippen LogP) is 4.90. The second-order valence-corrected chi connectivity index (χ2v) is 11.2. The van der Waals surface area contributed by atoms with Crippen LogP contribution in [-0.4, -0.2) is 33.2 Å². The van der Waals surface area contributed by atoms with E-state index in [-0.39, 0.29) is 24.2 Å². The molecule has 5 rings (SSSR count). The molecule has 3 amide bonds. The molecular formula is C30H32N4O3S. The van der Waals surface area contributed by atoms with Crippen molar-refractivity contribution in [3.63, 3.8) is 0 Å². The number of hydrazine groups is 1. The number of amides is 3. The lowest BCUT2D eigenvalue weighted by molar-refractivity contribution is -0.132. The Labute approximate surface area is 226 Å². The third-order valence-electron chi connectivity index (χ3n) is 7.29. The molecule has 7 nitrogen and oxygen atoms in total. The number of nitrogens with one attached hydrogen (secondary N) is 2. The molecule has 2 aromatic carbocycles. The zero-order valence-electron chi connectivity index (χ0n) is 22.0. The molecule has 2 N–H and O–H groups in total. The van der Waals surface area contributed by atoms with E-state index in [1.807, 2.05) is 74.8 Å². The maximum Gasteiger partial charge on any atom is 0.261 e. The van der Waals surface area contributed by atoms with E-state index < -0.39 is 18.0 Å². The van der Waals surface area contributed by atoms with E-state index in [9.17, 15) is 14.4 Å². The van der Waals surface area contributed by atoms with Crippen molar-refractivity contribution in [3.8, 4) is 0 Å². The second kappa shape index (κ2) is 10.5. The van der Waals surface area contributed by atoms with Crippen molar-refractivity contribution >= 4 is 40.0 Å². The van der Waals surface area contributed by atoms with Gasteiger partial charge in [0.25, 0.3) is 11.8 Å². The number of aryl methyl sites for hydroxylation is 1. The molecule has 2 unspecified atom stereocenters. The highest BCUT2D eigenvalue weighted by Crippen LogP contribution is 2.45. The van der Waals surface area contributed by atoms with Crippen LogP contribution in [0.25, 0.3) is 10.9 Å². The molecule has 1 aliphatic heterocycles. The fourth-order valence-electron chi connectivity index (χ4n) is 5.47. The highest BCUT2D eigenvalue weighted by molar-refractivity contribution is 7.10. The first kappa shape index (κ1) is 25.7. The lowest BCUT2D eigenvalue weighted by Crippen LogP contribution is -2.54. The average molecular weight is 529 g/mol. The average Bonchev–Trinajstić information content (AvgIpc) is 3.58. The fraction of sp³-hybridized carbons (Fsp3) is 0.300. The number of thiophene rings is 1. The first-order valence-corrected chi connectivity index (χ1v) is 13.7. The van der Waals surface area contributed by atoms with Crippen LogP contribution in [0.3, 0.4) is 0 Å². The van der Waals surface area contributed by atoms with Crippen LogP contribution in [0.15, 0.2) is 66.0 Å². The lowest BCUT2D eigenvalue weighted by Gasteiger charge is -2.34. The summed E-state index contributed by atoms with van der Waals surface area (Å²) in [4.78, 5) is 42.8. The van der Waals surface area contributed by atoms with Gasteiger partial charge in [0.1, 0.15) is 6.04 Å². The van der Waals surface area contributed by atoms with Crippen molar-refractivity contribution in [2.45, 2.75) is 45.7 Å². The summed E-state index contributed by atoms with van der Waals surface area (Å²) in [5.74, 6) is -0.745. The number of benzene rings is 2. The number of aromatic nitrogens is 1. The van der Waals surface area contributed by atoms with Crippen molar-refractivity contribution < 1.29 is 14.4 Å². The Morgan fingerprint density at radius 1 is 1.00 bits per heavy atom. The number of para-hydroxylation sites is 1.